The lowest BCUT2D eigenvalue weighted by atomic mass is 9.96. The highest BCUT2D eigenvalue weighted by atomic mass is 32.2. The third-order valence-corrected chi connectivity index (χ3v) is 3.96. The predicted octanol–water partition coefficient (Wildman–Crippen LogP) is -1.72. The maximum atomic E-state index is 11.7. The van der Waals surface area contributed by atoms with Gasteiger partial charge in [0.15, 0.2) is 12.4 Å². The van der Waals surface area contributed by atoms with E-state index in [4.69, 9.17) is 18.4 Å². The molecule has 0 aromatic rings. The molecule has 0 unspecified atom stereocenters. The Balaban J connectivity index is 3.28. The molecule has 150 valence electrons. The number of ether oxygens (including phenoxy) is 3. The molecule has 1 saturated heterocycles. The van der Waals surface area contributed by atoms with Crippen LogP contribution in [0, 0.1) is 0 Å². The van der Waals surface area contributed by atoms with Crippen LogP contribution >= 0.6 is 0 Å². The largest absolute Gasteiger partial charge is 0.457 e. The van der Waals surface area contributed by atoms with Gasteiger partial charge in [0.1, 0.15) is 18.2 Å². The van der Waals surface area contributed by atoms with Crippen LogP contribution in [0.1, 0.15) is 20.8 Å². The molecule has 2 amide bonds. The van der Waals surface area contributed by atoms with E-state index in [1.54, 1.807) is 0 Å². The maximum Gasteiger partial charge on any atom is 0.303 e. The summed E-state index contributed by atoms with van der Waals surface area (Å²) in [5.41, 5.74) is 0. The van der Waals surface area contributed by atoms with Crippen LogP contribution in [0.25, 0.3) is 0 Å². The molecule has 0 aromatic heterocycles. The second-order valence-electron chi connectivity index (χ2n) is 5.78. The monoisotopic (exact) mass is 396 g/mol. The van der Waals surface area contributed by atoms with Gasteiger partial charge in [-0.05, 0) is 0 Å². The van der Waals surface area contributed by atoms with E-state index >= 15 is 0 Å². The summed E-state index contributed by atoms with van der Waals surface area (Å²) < 4.78 is 44.5. The molecule has 0 spiro atoms. The van der Waals surface area contributed by atoms with Gasteiger partial charge in [0.25, 0.3) is 10.1 Å². The molecule has 11 nitrogen and oxygen atoms in total. The van der Waals surface area contributed by atoms with Crippen LogP contribution in [0.15, 0.2) is 0 Å². The molecule has 0 bridgehead atoms. The van der Waals surface area contributed by atoms with Gasteiger partial charge in [-0.2, -0.15) is 8.42 Å². The Morgan fingerprint density at radius 3 is 2.12 bits per heavy atom. The van der Waals surface area contributed by atoms with Gasteiger partial charge < -0.3 is 24.8 Å². The molecule has 5 atom stereocenters. The molecule has 0 aromatic carbocycles. The van der Waals surface area contributed by atoms with Crippen molar-refractivity contribution in [1.82, 2.24) is 10.6 Å². The Morgan fingerprint density at radius 1 is 1.08 bits per heavy atom. The van der Waals surface area contributed by atoms with Crippen LogP contribution < -0.4 is 10.6 Å². The Bertz CT molecular complexity index is 636. The zero-order chi connectivity index (χ0) is 20.1. The second-order valence-corrected chi connectivity index (χ2v) is 7.38. The Morgan fingerprint density at radius 2 is 1.69 bits per heavy atom. The second kappa shape index (κ2) is 9.26. The Hall–Kier alpha value is -1.76. The van der Waals surface area contributed by atoms with E-state index in [9.17, 15) is 22.8 Å². The van der Waals surface area contributed by atoms with E-state index in [1.165, 1.54) is 21.0 Å². The predicted molar refractivity (Wildman–Crippen MR) is 87.2 cm³/mol. The fourth-order valence-electron chi connectivity index (χ4n) is 2.55. The molecule has 0 radical (unpaired) electrons. The molecule has 1 rings (SSSR count). The number of nitrogens with one attached hydrogen (secondary N) is 2. The van der Waals surface area contributed by atoms with Crippen molar-refractivity contribution in [2.24, 2.45) is 0 Å². The molecular formula is C14H24N2O9S. The SMILES string of the molecule is CO[C@@H]1O[C@@H](CNC(C)=O)[C@@H](OC(C)=O)[C@H](OS(C)(=O)=O)[C@@H]1NC(C)=O. The summed E-state index contributed by atoms with van der Waals surface area (Å²) in [7, 11) is -2.70. The molecule has 12 heteroatoms. The van der Waals surface area contributed by atoms with Gasteiger partial charge in [-0.25, -0.2) is 0 Å². The van der Waals surface area contributed by atoms with E-state index in [0.29, 0.717) is 0 Å². The minimum atomic E-state index is -3.99. The van der Waals surface area contributed by atoms with Crippen molar-refractivity contribution in [2.45, 2.75) is 51.4 Å². The lowest BCUT2D eigenvalue weighted by Gasteiger charge is -2.44. The lowest BCUT2D eigenvalue weighted by Crippen LogP contribution is -2.67. The van der Waals surface area contributed by atoms with Crippen molar-refractivity contribution in [3.05, 3.63) is 0 Å². The minimum Gasteiger partial charge on any atom is -0.457 e. The summed E-state index contributed by atoms with van der Waals surface area (Å²) in [4.78, 5) is 34.2. The summed E-state index contributed by atoms with van der Waals surface area (Å²) in [5.74, 6) is -1.58. The maximum absolute atomic E-state index is 11.7. The first-order valence-corrected chi connectivity index (χ1v) is 9.51. The average molecular weight is 396 g/mol. The smallest absolute Gasteiger partial charge is 0.303 e. The third kappa shape index (κ3) is 6.86. The molecule has 0 saturated carbocycles. The molecule has 2 N–H and O–H groups in total. The summed E-state index contributed by atoms with van der Waals surface area (Å²) >= 11 is 0. The van der Waals surface area contributed by atoms with Crippen LogP contribution in [0.3, 0.4) is 0 Å². The summed E-state index contributed by atoms with van der Waals surface area (Å²) in [6, 6.07) is -1.08. The van der Waals surface area contributed by atoms with Crippen molar-refractivity contribution < 1.29 is 41.2 Å². The van der Waals surface area contributed by atoms with Gasteiger partial charge in [0, 0.05) is 34.4 Å². The van der Waals surface area contributed by atoms with E-state index in [2.05, 4.69) is 10.6 Å². The number of methoxy groups -OCH3 is 1. The van der Waals surface area contributed by atoms with Crippen LogP contribution in [0.5, 0.6) is 0 Å². The van der Waals surface area contributed by atoms with Crippen molar-refractivity contribution in [3.8, 4) is 0 Å². The van der Waals surface area contributed by atoms with Gasteiger partial charge in [0.2, 0.25) is 11.8 Å². The molecule has 1 aliphatic heterocycles. The fourth-order valence-corrected chi connectivity index (χ4v) is 3.18. The molecule has 1 fully saturated rings. The van der Waals surface area contributed by atoms with Crippen LogP contribution in [-0.4, -0.2) is 76.8 Å². The zero-order valence-corrected chi connectivity index (χ0v) is 16.0. The topological polar surface area (TPSA) is 146 Å². The first-order chi connectivity index (χ1) is 11.9. The Kier molecular flexibility index (Phi) is 7.93. The normalized spacial score (nSPS) is 28.9. The van der Waals surface area contributed by atoms with Gasteiger partial charge in [-0.3, -0.25) is 18.6 Å². The van der Waals surface area contributed by atoms with Crippen molar-refractivity contribution in [1.29, 1.82) is 0 Å². The fraction of sp³-hybridized carbons (Fsp3) is 0.786. The number of esters is 1. The third-order valence-electron chi connectivity index (χ3n) is 3.39. The number of carbonyl (C=O) groups excluding carboxylic acids is 3. The van der Waals surface area contributed by atoms with E-state index < -0.39 is 52.6 Å². The summed E-state index contributed by atoms with van der Waals surface area (Å²) in [5, 5.41) is 4.99. The van der Waals surface area contributed by atoms with Crippen LogP contribution in [0.2, 0.25) is 0 Å². The summed E-state index contributed by atoms with van der Waals surface area (Å²) in [6.07, 6.45) is -3.80. The van der Waals surface area contributed by atoms with Gasteiger partial charge in [0.05, 0.1) is 6.26 Å². The molecule has 1 heterocycles. The average Bonchev–Trinajstić information content (AvgIpc) is 2.47. The van der Waals surface area contributed by atoms with E-state index in [0.717, 1.165) is 13.2 Å². The highest BCUT2D eigenvalue weighted by Crippen LogP contribution is 2.27. The van der Waals surface area contributed by atoms with E-state index in [-0.39, 0.29) is 12.5 Å². The van der Waals surface area contributed by atoms with Crippen LogP contribution in [-0.2, 0) is 42.9 Å². The lowest BCUT2D eigenvalue weighted by molar-refractivity contribution is -0.255. The van der Waals surface area contributed by atoms with Crippen molar-refractivity contribution in [2.75, 3.05) is 19.9 Å². The summed E-state index contributed by atoms with van der Waals surface area (Å²) in [6.45, 7) is 3.53. The number of hydrogen-bond acceptors (Lipinski definition) is 9. The minimum absolute atomic E-state index is 0.0937. The van der Waals surface area contributed by atoms with E-state index in [1.807, 2.05) is 0 Å². The molecule has 26 heavy (non-hydrogen) atoms. The van der Waals surface area contributed by atoms with Gasteiger partial charge in [-0.15, -0.1) is 0 Å². The number of carbonyl (C=O) groups is 3. The highest BCUT2D eigenvalue weighted by molar-refractivity contribution is 7.86. The van der Waals surface area contributed by atoms with Crippen LogP contribution in [0.4, 0.5) is 0 Å². The molecular weight excluding hydrogens is 372 g/mol. The highest BCUT2D eigenvalue weighted by Gasteiger charge is 2.50. The van der Waals surface area contributed by atoms with Gasteiger partial charge in [-0.1, -0.05) is 0 Å². The quantitative estimate of drug-likeness (QED) is 0.379. The van der Waals surface area contributed by atoms with Crippen molar-refractivity contribution >= 4 is 27.9 Å². The zero-order valence-electron chi connectivity index (χ0n) is 15.2. The molecule has 0 aliphatic carbocycles. The number of hydrogen-bond donors (Lipinski definition) is 2. The number of rotatable bonds is 7. The molecule has 1 aliphatic rings. The first-order valence-electron chi connectivity index (χ1n) is 7.70. The number of amides is 2. The first kappa shape index (κ1) is 22.3. The van der Waals surface area contributed by atoms with Gasteiger partial charge >= 0.3 is 5.97 Å². The Labute approximate surface area is 151 Å². The van der Waals surface area contributed by atoms with Crippen molar-refractivity contribution in [3.63, 3.8) is 0 Å². The standard InChI is InChI=1S/C14H24N2O9S/c1-7(17)15-6-10-12(23-9(3)19)13(25-26(5,20)21)11(16-8(2)18)14(22-4)24-10/h10-14H,6H2,1-5H3,(H,15,17)(H,16,18)/t10-,11-,12+,13+,14+/m0/s1.